The lowest BCUT2D eigenvalue weighted by atomic mass is 10.1. The predicted molar refractivity (Wildman–Crippen MR) is 109 cm³/mol. The number of anilines is 2. The summed E-state index contributed by atoms with van der Waals surface area (Å²) in [5.41, 5.74) is 1.88. The van der Waals surface area contributed by atoms with Crippen LogP contribution in [-0.2, 0) is 16.4 Å². The second-order valence-electron chi connectivity index (χ2n) is 6.29. The number of rotatable bonds is 4. The van der Waals surface area contributed by atoms with Crippen LogP contribution in [0.25, 0.3) is 0 Å². The topological polar surface area (TPSA) is 92.3 Å². The third-order valence-electron chi connectivity index (χ3n) is 4.37. The van der Waals surface area contributed by atoms with E-state index in [2.05, 4.69) is 15.5 Å². The molecule has 2 heterocycles. The molecule has 0 unspecified atom stereocenters. The third kappa shape index (κ3) is 3.25. The van der Waals surface area contributed by atoms with E-state index in [1.165, 1.54) is 4.31 Å². The molecule has 1 aromatic heterocycles. The Balaban J connectivity index is 1.61. The SMILES string of the molecule is C[C@H]1Cc2ccccc2N1S(=O)(=O)c1nnc(NC(=O)c2ccccc2Cl)s1. The number of amides is 1. The van der Waals surface area contributed by atoms with Gasteiger partial charge in [-0.05, 0) is 37.1 Å². The minimum atomic E-state index is -3.89. The van der Waals surface area contributed by atoms with Crippen molar-refractivity contribution in [2.75, 3.05) is 9.62 Å². The highest BCUT2D eigenvalue weighted by atomic mass is 35.5. The number of nitrogens with zero attached hydrogens (tertiary/aromatic N) is 3. The molecule has 2 aromatic carbocycles. The van der Waals surface area contributed by atoms with E-state index >= 15 is 0 Å². The van der Waals surface area contributed by atoms with Gasteiger partial charge in [0.2, 0.25) is 5.13 Å². The number of carbonyl (C=O) groups is 1. The fraction of sp³-hybridized carbons (Fsp3) is 0.167. The zero-order valence-corrected chi connectivity index (χ0v) is 17.1. The summed E-state index contributed by atoms with van der Waals surface area (Å²) in [5.74, 6) is -0.481. The number of para-hydroxylation sites is 1. The Kier molecular flexibility index (Phi) is 4.82. The van der Waals surface area contributed by atoms with Crippen LogP contribution in [0.2, 0.25) is 5.02 Å². The van der Waals surface area contributed by atoms with E-state index in [4.69, 9.17) is 11.6 Å². The summed E-state index contributed by atoms with van der Waals surface area (Å²) in [6.45, 7) is 1.85. The van der Waals surface area contributed by atoms with Gasteiger partial charge in [-0.15, -0.1) is 10.2 Å². The maximum Gasteiger partial charge on any atom is 0.293 e. The van der Waals surface area contributed by atoms with Gasteiger partial charge in [-0.25, -0.2) is 0 Å². The molecule has 1 aliphatic rings. The molecular formula is C18H15ClN4O3S2. The van der Waals surface area contributed by atoms with Crippen LogP contribution in [0.3, 0.4) is 0 Å². The van der Waals surface area contributed by atoms with Gasteiger partial charge in [0.25, 0.3) is 20.3 Å². The van der Waals surface area contributed by atoms with Gasteiger partial charge in [-0.3, -0.25) is 14.4 Å². The van der Waals surface area contributed by atoms with Crippen LogP contribution in [0, 0.1) is 0 Å². The van der Waals surface area contributed by atoms with Gasteiger partial charge in [0.05, 0.1) is 16.3 Å². The van der Waals surface area contributed by atoms with Gasteiger partial charge in [0.1, 0.15) is 0 Å². The van der Waals surface area contributed by atoms with Crippen LogP contribution in [0.4, 0.5) is 10.8 Å². The van der Waals surface area contributed by atoms with E-state index in [9.17, 15) is 13.2 Å². The van der Waals surface area contributed by atoms with Gasteiger partial charge >= 0.3 is 0 Å². The molecule has 1 aliphatic heterocycles. The lowest BCUT2D eigenvalue weighted by molar-refractivity contribution is 0.102. The molecule has 0 aliphatic carbocycles. The molecule has 7 nitrogen and oxygen atoms in total. The molecule has 144 valence electrons. The Morgan fingerprint density at radius 3 is 2.68 bits per heavy atom. The van der Waals surface area contributed by atoms with Gasteiger partial charge in [-0.2, -0.15) is 8.42 Å². The Bertz CT molecular complexity index is 1160. The Labute approximate surface area is 171 Å². The second kappa shape index (κ2) is 7.16. The number of hydrogen-bond acceptors (Lipinski definition) is 6. The van der Waals surface area contributed by atoms with Crippen LogP contribution in [0.1, 0.15) is 22.8 Å². The van der Waals surface area contributed by atoms with Crippen molar-refractivity contribution in [1.29, 1.82) is 0 Å². The van der Waals surface area contributed by atoms with E-state index < -0.39 is 15.9 Å². The number of hydrogen-bond donors (Lipinski definition) is 1. The van der Waals surface area contributed by atoms with Crippen LogP contribution in [0.15, 0.2) is 52.9 Å². The van der Waals surface area contributed by atoms with Crippen LogP contribution >= 0.6 is 22.9 Å². The fourth-order valence-electron chi connectivity index (χ4n) is 3.16. The highest BCUT2D eigenvalue weighted by Gasteiger charge is 2.38. The van der Waals surface area contributed by atoms with Crippen LogP contribution in [0.5, 0.6) is 0 Å². The third-order valence-corrected chi connectivity index (χ3v) is 7.81. The highest BCUT2D eigenvalue weighted by molar-refractivity contribution is 7.94. The van der Waals surface area contributed by atoms with E-state index in [0.29, 0.717) is 17.1 Å². The van der Waals surface area contributed by atoms with E-state index in [1.54, 1.807) is 36.4 Å². The van der Waals surface area contributed by atoms with Crippen molar-refractivity contribution in [3.63, 3.8) is 0 Å². The first-order chi connectivity index (χ1) is 13.4. The molecule has 4 rings (SSSR count). The monoisotopic (exact) mass is 434 g/mol. The van der Waals surface area contributed by atoms with Crippen molar-refractivity contribution in [1.82, 2.24) is 10.2 Å². The molecule has 10 heteroatoms. The largest absolute Gasteiger partial charge is 0.296 e. The van der Waals surface area contributed by atoms with Gasteiger partial charge in [0, 0.05) is 6.04 Å². The number of benzene rings is 2. The highest BCUT2D eigenvalue weighted by Crippen LogP contribution is 2.37. The molecule has 3 aromatic rings. The Morgan fingerprint density at radius 1 is 1.18 bits per heavy atom. The predicted octanol–water partition coefficient (Wildman–Crippen LogP) is 3.58. The second-order valence-corrected chi connectivity index (χ2v) is 9.66. The normalized spacial score (nSPS) is 16.1. The van der Waals surface area contributed by atoms with Crippen molar-refractivity contribution >= 4 is 49.7 Å². The molecular weight excluding hydrogens is 420 g/mol. The van der Waals surface area contributed by atoms with E-state index in [1.807, 2.05) is 19.1 Å². The number of aromatic nitrogens is 2. The molecule has 0 bridgehead atoms. The smallest absolute Gasteiger partial charge is 0.293 e. The van der Waals surface area contributed by atoms with Crippen molar-refractivity contribution in [2.24, 2.45) is 0 Å². The number of fused-ring (bicyclic) bond motifs is 1. The first-order valence-corrected chi connectivity index (χ1v) is 11.0. The van der Waals surface area contributed by atoms with Gasteiger partial charge < -0.3 is 0 Å². The van der Waals surface area contributed by atoms with Crippen molar-refractivity contribution in [3.8, 4) is 0 Å². The quantitative estimate of drug-likeness (QED) is 0.633. The molecule has 1 amide bonds. The average Bonchev–Trinajstić information content (AvgIpc) is 3.26. The Hall–Kier alpha value is -2.49. The molecule has 0 radical (unpaired) electrons. The van der Waals surface area contributed by atoms with Crippen molar-refractivity contribution < 1.29 is 13.2 Å². The summed E-state index contributed by atoms with van der Waals surface area (Å²) in [5, 5.41) is 10.5. The molecule has 0 spiro atoms. The minimum Gasteiger partial charge on any atom is -0.296 e. The average molecular weight is 435 g/mol. The van der Waals surface area contributed by atoms with Crippen LogP contribution < -0.4 is 9.62 Å². The molecule has 28 heavy (non-hydrogen) atoms. The standard InChI is InChI=1S/C18H15ClN4O3S2/c1-11-10-12-6-2-5-9-15(12)23(11)28(25,26)18-22-21-17(27-18)20-16(24)13-7-3-4-8-14(13)19/h2-9,11H,10H2,1H3,(H,20,21,24)/t11-/m0/s1. The lowest BCUT2D eigenvalue weighted by Gasteiger charge is -2.22. The minimum absolute atomic E-state index is 0.0867. The maximum absolute atomic E-state index is 13.1. The van der Waals surface area contributed by atoms with Crippen molar-refractivity contribution in [3.05, 3.63) is 64.7 Å². The first-order valence-electron chi connectivity index (χ1n) is 8.39. The lowest BCUT2D eigenvalue weighted by Crippen LogP contribution is -2.35. The number of nitrogens with one attached hydrogen (secondary N) is 1. The summed E-state index contributed by atoms with van der Waals surface area (Å²) in [6, 6.07) is 13.7. The summed E-state index contributed by atoms with van der Waals surface area (Å²) in [7, 11) is -3.89. The number of halogens is 1. The van der Waals surface area contributed by atoms with Crippen molar-refractivity contribution in [2.45, 2.75) is 23.7 Å². The number of carbonyl (C=O) groups excluding carboxylic acids is 1. The first kappa shape index (κ1) is 18.9. The maximum atomic E-state index is 13.1. The zero-order valence-electron chi connectivity index (χ0n) is 14.7. The molecule has 0 saturated heterocycles. The molecule has 0 fully saturated rings. The van der Waals surface area contributed by atoms with E-state index in [-0.39, 0.29) is 21.1 Å². The Morgan fingerprint density at radius 2 is 1.89 bits per heavy atom. The van der Waals surface area contributed by atoms with Gasteiger partial charge in [0.15, 0.2) is 0 Å². The molecule has 1 atom stereocenters. The van der Waals surface area contributed by atoms with Crippen LogP contribution in [-0.4, -0.2) is 30.6 Å². The fourth-order valence-corrected chi connectivity index (χ4v) is 6.05. The summed E-state index contributed by atoms with van der Waals surface area (Å²) < 4.78 is 27.4. The summed E-state index contributed by atoms with van der Waals surface area (Å²) in [4.78, 5) is 12.3. The number of sulfonamides is 1. The molecule has 0 saturated carbocycles. The molecule has 1 N–H and O–H groups in total. The van der Waals surface area contributed by atoms with E-state index in [0.717, 1.165) is 16.9 Å². The summed E-state index contributed by atoms with van der Waals surface area (Å²) in [6.07, 6.45) is 0.629. The zero-order chi connectivity index (χ0) is 19.9. The summed E-state index contributed by atoms with van der Waals surface area (Å²) >= 11 is 6.82. The van der Waals surface area contributed by atoms with Gasteiger partial charge in [-0.1, -0.05) is 53.3 Å².